The summed E-state index contributed by atoms with van der Waals surface area (Å²) in [5, 5.41) is 0. The highest BCUT2D eigenvalue weighted by Gasteiger charge is 2.13. The Morgan fingerprint density at radius 1 is 1.06 bits per heavy atom. The minimum atomic E-state index is -0.0372. The van der Waals surface area contributed by atoms with E-state index >= 15 is 0 Å². The molecule has 1 aromatic carbocycles. The first-order valence-corrected chi connectivity index (χ1v) is 6.80. The van der Waals surface area contributed by atoms with E-state index in [9.17, 15) is 4.79 Å². The van der Waals surface area contributed by atoms with Crippen LogP contribution >= 0.6 is 0 Å². The fourth-order valence-corrected chi connectivity index (χ4v) is 1.53. The largest absolute Gasteiger partial charge is 0.294 e. The van der Waals surface area contributed by atoms with Crippen LogP contribution in [0.5, 0.6) is 0 Å². The van der Waals surface area contributed by atoms with E-state index < -0.39 is 0 Å². The molecule has 18 heavy (non-hydrogen) atoms. The second kappa shape index (κ2) is 8.68. The molecule has 0 aliphatic heterocycles. The molecule has 0 spiro atoms. The van der Waals surface area contributed by atoms with Gasteiger partial charge in [0.25, 0.3) is 0 Å². The van der Waals surface area contributed by atoms with E-state index in [1.807, 2.05) is 51.1 Å². The van der Waals surface area contributed by atoms with Crippen LogP contribution in [0.3, 0.4) is 0 Å². The van der Waals surface area contributed by atoms with Gasteiger partial charge in [0.15, 0.2) is 5.78 Å². The van der Waals surface area contributed by atoms with Gasteiger partial charge in [-0.1, -0.05) is 76.6 Å². The summed E-state index contributed by atoms with van der Waals surface area (Å²) in [5.74, 6) is 0.663. The maximum Gasteiger partial charge on any atom is 0.169 e. The summed E-state index contributed by atoms with van der Waals surface area (Å²) < 4.78 is 0. The monoisotopic (exact) mass is 246 g/mol. The van der Waals surface area contributed by atoms with Gasteiger partial charge in [0.05, 0.1) is 0 Å². The van der Waals surface area contributed by atoms with Crippen molar-refractivity contribution < 1.29 is 4.79 Å². The lowest BCUT2D eigenvalue weighted by Gasteiger charge is -2.10. The molecule has 1 atom stereocenters. The molecular weight excluding hydrogens is 220 g/mol. The zero-order valence-electron chi connectivity index (χ0n) is 12.5. The Morgan fingerprint density at radius 2 is 1.56 bits per heavy atom. The van der Waals surface area contributed by atoms with Gasteiger partial charge >= 0.3 is 0 Å². The second-order valence-corrected chi connectivity index (χ2v) is 4.58. The molecule has 0 amide bonds. The third-order valence-corrected chi connectivity index (χ3v) is 2.90. The molecule has 0 saturated heterocycles. The predicted octanol–water partition coefficient (Wildman–Crippen LogP) is 5.13. The van der Waals surface area contributed by atoms with Crippen LogP contribution in [0.4, 0.5) is 0 Å². The lowest BCUT2D eigenvalue weighted by molar-refractivity contribution is 0.0952. The zero-order valence-corrected chi connectivity index (χ0v) is 12.5. The maximum absolute atomic E-state index is 12.1. The van der Waals surface area contributed by atoms with Crippen molar-refractivity contribution >= 4 is 5.78 Å². The highest BCUT2D eigenvalue weighted by atomic mass is 16.1. The summed E-state index contributed by atoms with van der Waals surface area (Å²) in [6.07, 6.45) is 2.07. The van der Waals surface area contributed by atoms with Crippen molar-refractivity contribution in [1.82, 2.24) is 0 Å². The van der Waals surface area contributed by atoms with Crippen LogP contribution in [-0.4, -0.2) is 5.78 Å². The van der Waals surface area contributed by atoms with Gasteiger partial charge < -0.3 is 0 Å². The summed E-state index contributed by atoms with van der Waals surface area (Å²) in [4.78, 5) is 12.1. The van der Waals surface area contributed by atoms with Crippen molar-refractivity contribution in [1.29, 1.82) is 0 Å². The third kappa shape index (κ3) is 5.31. The molecule has 0 radical (unpaired) electrons. The standard InChI is InChI=1S/C15H20O.C2H6/c1-11(2)12(3)10-13(4)15(16)14-8-6-5-7-9-14;1-2/h5-11,13H,1-4H3;1-2H3/b12-10+;/t13-;/m0./s1. The Kier molecular flexibility index (Phi) is 8.02. The number of allylic oxidation sites excluding steroid dienone is 2. The smallest absolute Gasteiger partial charge is 0.169 e. The van der Waals surface area contributed by atoms with E-state index in [1.165, 1.54) is 5.57 Å². The van der Waals surface area contributed by atoms with Crippen LogP contribution in [0.15, 0.2) is 42.0 Å². The number of rotatable bonds is 4. The maximum atomic E-state index is 12.1. The molecule has 0 fully saturated rings. The van der Waals surface area contributed by atoms with E-state index in [4.69, 9.17) is 0 Å². The van der Waals surface area contributed by atoms with Gasteiger partial charge in [0.1, 0.15) is 0 Å². The van der Waals surface area contributed by atoms with E-state index in [-0.39, 0.29) is 11.7 Å². The number of Topliss-reactive ketones (excluding diaryl/α,β-unsaturated/α-hetero) is 1. The van der Waals surface area contributed by atoms with Crippen LogP contribution in [0, 0.1) is 11.8 Å². The topological polar surface area (TPSA) is 17.1 Å². The molecule has 0 aliphatic rings. The van der Waals surface area contributed by atoms with Gasteiger partial charge in [-0.15, -0.1) is 0 Å². The number of carbonyl (C=O) groups is 1. The fourth-order valence-electron chi connectivity index (χ4n) is 1.53. The van der Waals surface area contributed by atoms with E-state index in [0.29, 0.717) is 5.92 Å². The predicted molar refractivity (Wildman–Crippen MR) is 79.9 cm³/mol. The first-order chi connectivity index (χ1) is 8.52. The highest BCUT2D eigenvalue weighted by molar-refractivity contribution is 5.98. The van der Waals surface area contributed by atoms with E-state index in [2.05, 4.69) is 26.8 Å². The normalized spacial score (nSPS) is 12.7. The minimum Gasteiger partial charge on any atom is -0.294 e. The van der Waals surface area contributed by atoms with Gasteiger partial charge in [-0.05, 0) is 12.8 Å². The van der Waals surface area contributed by atoms with Gasteiger partial charge in [-0.2, -0.15) is 0 Å². The van der Waals surface area contributed by atoms with Crippen molar-refractivity contribution in [2.24, 2.45) is 11.8 Å². The summed E-state index contributed by atoms with van der Waals surface area (Å²) in [6, 6.07) is 9.48. The third-order valence-electron chi connectivity index (χ3n) is 2.90. The van der Waals surface area contributed by atoms with Crippen molar-refractivity contribution in [2.45, 2.75) is 41.5 Å². The molecule has 1 rings (SSSR count). The highest BCUT2D eigenvalue weighted by Crippen LogP contribution is 2.15. The van der Waals surface area contributed by atoms with E-state index in [1.54, 1.807) is 0 Å². The average molecular weight is 246 g/mol. The summed E-state index contributed by atoms with van der Waals surface area (Å²) in [7, 11) is 0. The lowest BCUT2D eigenvalue weighted by Crippen LogP contribution is -2.10. The van der Waals surface area contributed by atoms with Gasteiger partial charge in [0, 0.05) is 11.5 Å². The number of carbonyl (C=O) groups excluding carboxylic acids is 1. The second-order valence-electron chi connectivity index (χ2n) is 4.58. The van der Waals surface area contributed by atoms with Crippen molar-refractivity contribution in [3.63, 3.8) is 0 Å². The number of ketones is 1. The first kappa shape index (κ1) is 16.6. The lowest BCUT2D eigenvalue weighted by atomic mass is 9.94. The quantitative estimate of drug-likeness (QED) is 0.531. The van der Waals surface area contributed by atoms with Crippen molar-refractivity contribution in [2.75, 3.05) is 0 Å². The Labute approximate surface area is 112 Å². The molecule has 0 unspecified atom stereocenters. The summed E-state index contributed by atoms with van der Waals surface area (Å²) in [6.45, 7) is 12.3. The summed E-state index contributed by atoms with van der Waals surface area (Å²) in [5.41, 5.74) is 2.07. The molecule has 0 bridgehead atoms. The fraction of sp³-hybridized carbons (Fsp3) is 0.471. The minimum absolute atomic E-state index is 0.0372. The molecular formula is C17H26O. The SMILES string of the molecule is C/C(=C\[C@H](C)C(=O)c1ccccc1)C(C)C.CC. The van der Waals surface area contributed by atoms with Crippen LogP contribution in [0.1, 0.15) is 51.9 Å². The summed E-state index contributed by atoms with van der Waals surface area (Å²) >= 11 is 0. The first-order valence-electron chi connectivity index (χ1n) is 6.80. The van der Waals surface area contributed by atoms with Crippen LogP contribution < -0.4 is 0 Å². The molecule has 0 aromatic heterocycles. The molecule has 1 aromatic rings. The Bertz CT molecular complexity index is 374. The van der Waals surface area contributed by atoms with Gasteiger partial charge in [-0.25, -0.2) is 0 Å². The molecule has 0 heterocycles. The van der Waals surface area contributed by atoms with Crippen molar-refractivity contribution in [3.8, 4) is 0 Å². The molecule has 0 saturated carbocycles. The van der Waals surface area contributed by atoms with Gasteiger partial charge in [-0.3, -0.25) is 4.79 Å². The number of hydrogen-bond donors (Lipinski definition) is 0. The van der Waals surface area contributed by atoms with Gasteiger partial charge in [0.2, 0.25) is 0 Å². The zero-order chi connectivity index (χ0) is 14.1. The van der Waals surface area contributed by atoms with E-state index in [0.717, 1.165) is 5.56 Å². The number of benzene rings is 1. The molecule has 0 aliphatic carbocycles. The Balaban J connectivity index is 0.00000137. The van der Waals surface area contributed by atoms with Crippen LogP contribution in [0.2, 0.25) is 0 Å². The Hall–Kier alpha value is -1.37. The average Bonchev–Trinajstić information content (AvgIpc) is 2.40. The molecule has 0 N–H and O–H groups in total. The van der Waals surface area contributed by atoms with Crippen LogP contribution in [0.25, 0.3) is 0 Å². The molecule has 1 heteroatoms. The number of hydrogen-bond acceptors (Lipinski definition) is 1. The van der Waals surface area contributed by atoms with Crippen molar-refractivity contribution in [3.05, 3.63) is 47.5 Å². The molecule has 1 nitrogen and oxygen atoms in total. The van der Waals surface area contributed by atoms with Crippen LogP contribution in [-0.2, 0) is 0 Å². The Morgan fingerprint density at radius 3 is 2.00 bits per heavy atom. The molecule has 100 valence electrons.